The number of carbonyl (C=O) groups excluding carboxylic acids is 1. The molecule has 7 heteroatoms. The summed E-state index contributed by atoms with van der Waals surface area (Å²) in [6, 6.07) is 7.54. The maximum atomic E-state index is 12.9. The number of anilines is 3. The number of hydrogen-bond acceptors (Lipinski definition) is 6. The Labute approximate surface area is 171 Å². The molecule has 3 N–H and O–H groups in total. The van der Waals surface area contributed by atoms with Crippen LogP contribution in [0.3, 0.4) is 0 Å². The topological polar surface area (TPSA) is 91.8 Å². The molecule has 0 saturated heterocycles. The van der Waals surface area contributed by atoms with Gasteiger partial charge in [-0.25, -0.2) is 0 Å². The van der Waals surface area contributed by atoms with Crippen LogP contribution in [0, 0.1) is 23.2 Å². The van der Waals surface area contributed by atoms with Gasteiger partial charge in [-0.05, 0) is 80.5 Å². The molecule has 2 aromatic heterocycles. The van der Waals surface area contributed by atoms with Crippen molar-refractivity contribution in [2.45, 2.75) is 38.5 Å². The van der Waals surface area contributed by atoms with Crippen LogP contribution < -0.4 is 16.0 Å². The van der Waals surface area contributed by atoms with E-state index in [9.17, 15) is 4.79 Å². The lowest BCUT2D eigenvalue weighted by Gasteiger charge is -2.55. The lowest BCUT2D eigenvalue weighted by atomic mass is 9.49. The highest BCUT2D eigenvalue weighted by atomic mass is 16.2. The molecule has 152 valence electrons. The van der Waals surface area contributed by atoms with E-state index in [4.69, 9.17) is 0 Å². The van der Waals surface area contributed by atoms with Gasteiger partial charge in [0.25, 0.3) is 0 Å². The van der Waals surface area contributed by atoms with Gasteiger partial charge in [-0.2, -0.15) is 0 Å². The zero-order valence-electron chi connectivity index (χ0n) is 16.6. The van der Waals surface area contributed by atoms with Crippen molar-refractivity contribution in [3.63, 3.8) is 0 Å². The molecule has 0 aliphatic heterocycles. The molecular weight excluding hydrogens is 364 g/mol. The average molecular weight is 393 g/mol. The fourth-order valence-corrected chi connectivity index (χ4v) is 6.02. The summed E-state index contributed by atoms with van der Waals surface area (Å²) in [7, 11) is 0. The van der Waals surface area contributed by atoms with Gasteiger partial charge >= 0.3 is 0 Å². The van der Waals surface area contributed by atoms with E-state index >= 15 is 0 Å². The lowest BCUT2D eigenvalue weighted by Crippen LogP contribution is -2.54. The van der Waals surface area contributed by atoms with E-state index in [0.29, 0.717) is 24.7 Å². The Bertz CT molecular complexity index is 818. The molecule has 0 aromatic carbocycles. The van der Waals surface area contributed by atoms with Crippen molar-refractivity contribution in [1.29, 1.82) is 0 Å². The molecule has 4 aliphatic carbocycles. The van der Waals surface area contributed by atoms with E-state index in [1.165, 1.54) is 19.3 Å². The molecule has 29 heavy (non-hydrogen) atoms. The SMILES string of the molecule is O=C(NCCNc1ccc(Nc2cccnc2)nn1)C12CC3CC(CC(C3)C1)C2. The first-order valence-corrected chi connectivity index (χ1v) is 10.7. The van der Waals surface area contributed by atoms with Gasteiger partial charge in [0, 0.05) is 24.7 Å². The van der Waals surface area contributed by atoms with E-state index < -0.39 is 0 Å². The number of rotatable bonds is 7. The second kappa shape index (κ2) is 7.61. The number of carbonyl (C=O) groups is 1. The maximum Gasteiger partial charge on any atom is 0.226 e. The van der Waals surface area contributed by atoms with Crippen LogP contribution in [-0.2, 0) is 4.79 Å². The van der Waals surface area contributed by atoms with Crippen molar-refractivity contribution in [2.24, 2.45) is 23.2 Å². The highest BCUT2D eigenvalue weighted by Crippen LogP contribution is 2.60. The number of nitrogens with one attached hydrogen (secondary N) is 3. The van der Waals surface area contributed by atoms with Gasteiger partial charge in [0.2, 0.25) is 5.91 Å². The highest BCUT2D eigenvalue weighted by Gasteiger charge is 2.54. The zero-order chi connectivity index (χ0) is 19.7. The van der Waals surface area contributed by atoms with Crippen LogP contribution in [0.15, 0.2) is 36.7 Å². The highest BCUT2D eigenvalue weighted by molar-refractivity contribution is 5.83. The number of nitrogens with zero attached hydrogens (tertiary/aromatic N) is 3. The number of aromatic nitrogens is 3. The van der Waals surface area contributed by atoms with Crippen LogP contribution >= 0.6 is 0 Å². The van der Waals surface area contributed by atoms with Crippen LogP contribution in [-0.4, -0.2) is 34.2 Å². The van der Waals surface area contributed by atoms with E-state index in [2.05, 4.69) is 31.1 Å². The minimum atomic E-state index is -0.0752. The first kappa shape index (κ1) is 18.3. The fourth-order valence-electron chi connectivity index (χ4n) is 6.02. The average Bonchev–Trinajstić information content (AvgIpc) is 2.72. The van der Waals surface area contributed by atoms with Crippen molar-refractivity contribution in [3.05, 3.63) is 36.7 Å². The quantitative estimate of drug-likeness (QED) is 0.626. The second-order valence-electron chi connectivity index (χ2n) is 9.05. The molecule has 6 rings (SSSR count). The first-order chi connectivity index (χ1) is 14.2. The Kier molecular flexibility index (Phi) is 4.81. The molecule has 2 aromatic rings. The Morgan fingerprint density at radius 3 is 2.28 bits per heavy atom. The van der Waals surface area contributed by atoms with Crippen molar-refractivity contribution in [1.82, 2.24) is 20.5 Å². The molecule has 0 atom stereocenters. The van der Waals surface area contributed by atoms with Crippen molar-refractivity contribution in [2.75, 3.05) is 23.7 Å². The maximum absolute atomic E-state index is 12.9. The Balaban J connectivity index is 1.08. The van der Waals surface area contributed by atoms with Gasteiger partial charge in [0.1, 0.15) is 5.82 Å². The molecule has 1 amide bonds. The summed E-state index contributed by atoms with van der Waals surface area (Å²) in [4.78, 5) is 17.0. The third kappa shape index (κ3) is 3.91. The predicted octanol–water partition coefficient (Wildman–Crippen LogP) is 3.36. The molecule has 2 heterocycles. The molecule has 0 radical (unpaired) electrons. The minimum absolute atomic E-state index is 0.0752. The molecular formula is C22H28N6O. The van der Waals surface area contributed by atoms with Gasteiger partial charge in [-0.1, -0.05) is 0 Å². The summed E-state index contributed by atoms with van der Waals surface area (Å²) < 4.78 is 0. The largest absolute Gasteiger partial charge is 0.367 e. The number of amides is 1. The third-order valence-corrected chi connectivity index (χ3v) is 6.84. The van der Waals surface area contributed by atoms with E-state index in [1.54, 1.807) is 12.4 Å². The summed E-state index contributed by atoms with van der Waals surface area (Å²) in [5.74, 6) is 4.02. The molecule has 4 aliphatic rings. The summed E-state index contributed by atoms with van der Waals surface area (Å²) in [6.45, 7) is 1.25. The van der Waals surface area contributed by atoms with Crippen LogP contribution in [0.4, 0.5) is 17.3 Å². The molecule has 0 unspecified atom stereocenters. The van der Waals surface area contributed by atoms with E-state index in [1.807, 2.05) is 24.3 Å². The summed E-state index contributed by atoms with van der Waals surface area (Å²) >= 11 is 0. The Morgan fingerprint density at radius 2 is 1.66 bits per heavy atom. The van der Waals surface area contributed by atoms with Crippen molar-refractivity contribution >= 4 is 23.2 Å². The fraction of sp³-hybridized carbons (Fsp3) is 0.545. The molecule has 4 bridgehead atoms. The van der Waals surface area contributed by atoms with Crippen LogP contribution in [0.25, 0.3) is 0 Å². The minimum Gasteiger partial charge on any atom is -0.367 e. The monoisotopic (exact) mass is 392 g/mol. The molecule has 7 nitrogen and oxygen atoms in total. The second-order valence-corrected chi connectivity index (χ2v) is 9.05. The summed E-state index contributed by atoms with van der Waals surface area (Å²) in [5.41, 5.74) is 0.795. The van der Waals surface area contributed by atoms with Gasteiger partial charge in [0.15, 0.2) is 5.82 Å². The van der Waals surface area contributed by atoms with Crippen molar-refractivity contribution in [3.8, 4) is 0 Å². The molecule has 0 spiro atoms. The summed E-state index contributed by atoms with van der Waals surface area (Å²) in [5, 5.41) is 17.9. The van der Waals surface area contributed by atoms with Crippen LogP contribution in [0.1, 0.15) is 38.5 Å². The molecule has 4 saturated carbocycles. The first-order valence-electron chi connectivity index (χ1n) is 10.7. The van der Waals surface area contributed by atoms with E-state index in [-0.39, 0.29) is 11.3 Å². The number of hydrogen-bond donors (Lipinski definition) is 3. The van der Waals surface area contributed by atoms with Crippen molar-refractivity contribution < 1.29 is 4.79 Å². The van der Waals surface area contributed by atoms with Gasteiger partial charge in [-0.15, -0.1) is 10.2 Å². The smallest absolute Gasteiger partial charge is 0.226 e. The number of pyridine rings is 1. The zero-order valence-corrected chi connectivity index (χ0v) is 16.6. The van der Waals surface area contributed by atoms with Gasteiger partial charge in [0.05, 0.1) is 11.9 Å². The predicted molar refractivity (Wildman–Crippen MR) is 112 cm³/mol. The lowest BCUT2D eigenvalue weighted by molar-refractivity contribution is -0.146. The van der Waals surface area contributed by atoms with Gasteiger partial charge in [-0.3, -0.25) is 9.78 Å². The summed E-state index contributed by atoms with van der Waals surface area (Å²) in [6.07, 6.45) is 10.9. The van der Waals surface area contributed by atoms with Crippen LogP contribution in [0.5, 0.6) is 0 Å². The molecule has 4 fully saturated rings. The Morgan fingerprint density at radius 1 is 0.966 bits per heavy atom. The van der Waals surface area contributed by atoms with Gasteiger partial charge < -0.3 is 16.0 Å². The van der Waals surface area contributed by atoms with Crippen LogP contribution in [0.2, 0.25) is 0 Å². The Hall–Kier alpha value is -2.70. The standard InChI is InChI=1S/C22H28N6O/c29-21(22-11-15-8-16(12-22)10-17(9-15)13-22)25-7-6-24-19-3-4-20(28-27-19)26-18-2-1-5-23-14-18/h1-5,14-17H,6-13H2,(H,24,27)(H,25,29)(H,26,28). The normalized spacial score (nSPS) is 29.4. The third-order valence-electron chi connectivity index (χ3n) is 6.84. The van der Waals surface area contributed by atoms with E-state index in [0.717, 1.165) is 42.7 Å².